The molecular weight excluding hydrogens is 368 g/mol. The highest BCUT2D eigenvalue weighted by Gasteiger charge is 2.57. The first-order chi connectivity index (χ1) is 13.6. The molecule has 0 aromatic heterocycles. The van der Waals surface area contributed by atoms with E-state index >= 15 is 0 Å². The fraction of sp³-hybridized carbons (Fsp3) is 0.625. The van der Waals surface area contributed by atoms with Crippen molar-refractivity contribution in [3.05, 3.63) is 36.5 Å². The molecule has 5 heteroatoms. The second kappa shape index (κ2) is 8.02. The first-order valence-electron chi connectivity index (χ1n) is 10.5. The summed E-state index contributed by atoms with van der Waals surface area (Å²) in [6, 6.07) is 0. The van der Waals surface area contributed by atoms with Crippen molar-refractivity contribution in [3.8, 4) is 0 Å². The van der Waals surface area contributed by atoms with Gasteiger partial charge in [-0.2, -0.15) is 0 Å². The van der Waals surface area contributed by atoms with Crippen molar-refractivity contribution < 1.29 is 24.2 Å². The Morgan fingerprint density at radius 2 is 2.10 bits per heavy atom. The maximum Gasteiger partial charge on any atom is 0.303 e. The molecule has 3 rings (SSSR count). The lowest BCUT2D eigenvalue weighted by Gasteiger charge is -2.59. The average Bonchev–Trinajstić information content (AvgIpc) is 2.63. The lowest BCUT2D eigenvalue weighted by atomic mass is 9.46. The molecule has 2 saturated carbocycles. The third-order valence-electron chi connectivity index (χ3n) is 7.46. The minimum Gasteiger partial charge on any atom is -0.458 e. The van der Waals surface area contributed by atoms with Gasteiger partial charge in [-0.3, -0.25) is 14.4 Å². The van der Waals surface area contributed by atoms with Gasteiger partial charge in [-0.05, 0) is 55.1 Å². The summed E-state index contributed by atoms with van der Waals surface area (Å²) >= 11 is 0. The fourth-order valence-corrected chi connectivity index (χ4v) is 6.29. The summed E-state index contributed by atoms with van der Waals surface area (Å²) in [5.41, 5.74) is 0.383. The Balaban J connectivity index is 1.90. The van der Waals surface area contributed by atoms with E-state index in [2.05, 4.69) is 20.4 Å². The van der Waals surface area contributed by atoms with E-state index in [9.17, 15) is 19.5 Å². The first-order valence-corrected chi connectivity index (χ1v) is 10.5. The number of Topliss-reactive ketones (excluding diaryl/α,β-unsaturated/α-hetero) is 1. The van der Waals surface area contributed by atoms with E-state index in [1.54, 1.807) is 12.2 Å². The Morgan fingerprint density at radius 3 is 2.76 bits per heavy atom. The summed E-state index contributed by atoms with van der Waals surface area (Å²) in [7, 11) is 0. The molecule has 158 valence electrons. The van der Waals surface area contributed by atoms with Crippen LogP contribution < -0.4 is 0 Å². The predicted molar refractivity (Wildman–Crippen MR) is 110 cm³/mol. The SMILES string of the molecule is C=CC[C@H]1[C@@H]2CCC3=CC(=O)C=C[C@]3(C)[C@H]2[C@@H](O)C[C@]1(C)CC(=O)COC(C)=O. The van der Waals surface area contributed by atoms with Crippen LogP contribution in [-0.2, 0) is 19.1 Å². The summed E-state index contributed by atoms with van der Waals surface area (Å²) in [5.74, 6) is -0.137. The van der Waals surface area contributed by atoms with Gasteiger partial charge in [0.1, 0.15) is 6.61 Å². The molecule has 0 amide bonds. The van der Waals surface area contributed by atoms with E-state index in [4.69, 9.17) is 4.74 Å². The molecule has 0 bridgehead atoms. The zero-order valence-corrected chi connectivity index (χ0v) is 17.6. The Labute approximate surface area is 172 Å². The van der Waals surface area contributed by atoms with E-state index < -0.39 is 17.5 Å². The number of fused-ring (bicyclic) bond motifs is 3. The molecule has 0 unspecified atom stereocenters. The van der Waals surface area contributed by atoms with E-state index in [-0.39, 0.29) is 47.8 Å². The maximum absolute atomic E-state index is 12.5. The molecular formula is C24H32O5. The lowest BCUT2D eigenvalue weighted by Crippen LogP contribution is -2.56. The van der Waals surface area contributed by atoms with Gasteiger partial charge < -0.3 is 9.84 Å². The quantitative estimate of drug-likeness (QED) is 0.545. The first kappa shape index (κ1) is 21.7. The highest BCUT2D eigenvalue weighted by Crippen LogP contribution is 2.61. The predicted octanol–water partition coefficient (Wildman–Crippen LogP) is 3.57. The van der Waals surface area contributed by atoms with E-state index in [0.29, 0.717) is 6.42 Å². The van der Waals surface area contributed by atoms with Crippen LogP contribution in [0.15, 0.2) is 36.5 Å². The second-order valence-corrected chi connectivity index (χ2v) is 9.47. The molecule has 0 aromatic rings. The number of ether oxygens (including phenoxy) is 1. The Kier molecular flexibility index (Phi) is 6.00. The van der Waals surface area contributed by atoms with Crippen molar-refractivity contribution in [1.82, 2.24) is 0 Å². The summed E-state index contributed by atoms with van der Waals surface area (Å²) in [6.45, 7) is 9.21. The largest absolute Gasteiger partial charge is 0.458 e. The zero-order valence-electron chi connectivity index (χ0n) is 17.6. The van der Waals surface area contributed by atoms with Crippen LogP contribution in [0.2, 0.25) is 0 Å². The number of carbonyl (C=O) groups is 3. The number of rotatable bonds is 6. The minimum atomic E-state index is -0.570. The van der Waals surface area contributed by atoms with Crippen molar-refractivity contribution in [2.45, 2.75) is 59.0 Å². The zero-order chi connectivity index (χ0) is 21.4. The second-order valence-electron chi connectivity index (χ2n) is 9.47. The number of esters is 1. The van der Waals surface area contributed by atoms with Crippen LogP contribution in [0.4, 0.5) is 0 Å². The molecule has 0 heterocycles. The summed E-state index contributed by atoms with van der Waals surface area (Å²) in [4.78, 5) is 35.5. The van der Waals surface area contributed by atoms with Crippen LogP contribution in [-0.4, -0.2) is 35.4 Å². The van der Waals surface area contributed by atoms with Gasteiger partial charge in [-0.15, -0.1) is 6.58 Å². The van der Waals surface area contributed by atoms with Crippen molar-refractivity contribution in [2.75, 3.05) is 6.61 Å². The third kappa shape index (κ3) is 4.02. The third-order valence-corrected chi connectivity index (χ3v) is 7.46. The number of allylic oxidation sites excluding steroid dienone is 5. The van der Waals surface area contributed by atoms with Gasteiger partial charge in [0.15, 0.2) is 11.6 Å². The van der Waals surface area contributed by atoms with Gasteiger partial charge in [-0.25, -0.2) is 0 Å². The molecule has 0 spiro atoms. The molecule has 0 aromatic carbocycles. The van der Waals surface area contributed by atoms with Crippen molar-refractivity contribution >= 4 is 17.5 Å². The number of aliphatic hydroxyl groups is 1. The summed E-state index contributed by atoms with van der Waals surface area (Å²) in [5, 5.41) is 11.3. The van der Waals surface area contributed by atoms with Crippen LogP contribution in [0.5, 0.6) is 0 Å². The smallest absolute Gasteiger partial charge is 0.303 e. The Morgan fingerprint density at radius 1 is 1.38 bits per heavy atom. The molecule has 6 atom stereocenters. The van der Waals surface area contributed by atoms with Gasteiger partial charge in [0.05, 0.1) is 6.10 Å². The maximum atomic E-state index is 12.5. The number of aliphatic hydroxyl groups excluding tert-OH is 1. The van der Waals surface area contributed by atoms with Crippen LogP contribution in [0.25, 0.3) is 0 Å². The van der Waals surface area contributed by atoms with Gasteiger partial charge in [-0.1, -0.05) is 31.6 Å². The lowest BCUT2D eigenvalue weighted by molar-refractivity contribution is -0.150. The Bertz CT molecular complexity index is 778. The minimum absolute atomic E-state index is 0.00782. The van der Waals surface area contributed by atoms with Gasteiger partial charge in [0.2, 0.25) is 0 Å². The standard InChI is InChI=1S/C24H32O5/c1-5-6-20-19-8-7-16-11-17(26)9-10-24(16,4)22(19)21(28)13-23(20,3)12-18(27)14-29-15(2)25/h5,9-11,19-22,28H,1,6-8,12-14H2,2-4H3/t19-,20-,21-,22+,23-,24-/m0/s1. The van der Waals surface area contributed by atoms with Crippen LogP contribution in [0.3, 0.4) is 0 Å². The van der Waals surface area contributed by atoms with Gasteiger partial charge >= 0.3 is 5.97 Å². The molecule has 1 N–H and O–H groups in total. The van der Waals surface area contributed by atoms with E-state index in [1.165, 1.54) is 6.92 Å². The highest BCUT2D eigenvalue weighted by molar-refractivity contribution is 6.01. The Hall–Kier alpha value is -2.01. The van der Waals surface area contributed by atoms with Crippen LogP contribution in [0, 0.1) is 28.6 Å². The van der Waals surface area contributed by atoms with Crippen LogP contribution >= 0.6 is 0 Å². The van der Waals surface area contributed by atoms with Crippen molar-refractivity contribution in [2.24, 2.45) is 28.6 Å². The summed E-state index contributed by atoms with van der Waals surface area (Å²) in [6.07, 6.45) is 9.92. The number of hydrogen-bond donors (Lipinski definition) is 1. The molecule has 0 aliphatic heterocycles. The van der Waals surface area contributed by atoms with Gasteiger partial charge in [0.25, 0.3) is 0 Å². The fourth-order valence-electron chi connectivity index (χ4n) is 6.29. The van der Waals surface area contributed by atoms with E-state index in [0.717, 1.165) is 24.8 Å². The number of hydrogen-bond acceptors (Lipinski definition) is 5. The number of carbonyl (C=O) groups excluding carboxylic acids is 3. The van der Waals surface area contributed by atoms with Crippen molar-refractivity contribution in [3.63, 3.8) is 0 Å². The molecule has 0 saturated heterocycles. The van der Waals surface area contributed by atoms with Crippen molar-refractivity contribution in [1.29, 1.82) is 0 Å². The highest BCUT2D eigenvalue weighted by atomic mass is 16.5. The molecule has 2 fully saturated rings. The molecule has 5 nitrogen and oxygen atoms in total. The molecule has 0 radical (unpaired) electrons. The molecule has 29 heavy (non-hydrogen) atoms. The normalized spacial score (nSPS) is 38.5. The molecule has 3 aliphatic rings. The monoisotopic (exact) mass is 400 g/mol. The number of ketones is 2. The average molecular weight is 401 g/mol. The topological polar surface area (TPSA) is 80.7 Å². The van der Waals surface area contributed by atoms with E-state index in [1.807, 2.05) is 12.2 Å². The summed E-state index contributed by atoms with van der Waals surface area (Å²) < 4.78 is 4.90. The van der Waals surface area contributed by atoms with Crippen LogP contribution in [0.1, 0.15) is 52.9 Å². The molecule has 3 aliphatic carbocycles. The van der Waals surface area contributed by atoms with Gasteiger partial charge in [0, 0.05) is 24.7 Å².